The predicted octanol–water partition coefficient (Wildman–Crippen LogP) is 6.11. The summed E-state index contributed by atoms with van der Waals surface area (Å²) in [7, 11) is 1.34. The third kappa shape index (κ3) is 5.72. The van der Waals surface area contributed by atoms with Crippen LogP contribution < -0.4 is 19.6 Å². The Labute approximate surface area is 272 Å². The van der Waals surface area contributed by atoms with Gasteiger partial charge in [0.1, 0.15) is 23.3 Å². The highest BCUT2D eigenvalue weighted by Crippen LogP contribution is 2.43. The molecule has 1 atom stereocenters. The summed E-state index contributed by atoms with van der Waals surface area (Å²) in [5, 5.41) is 10.3. The number of fused-ring (bicyclic) bond motifs is 2. The topological polar surface area (TPSA) is 120 Å². The minimum atomic E-state index is -5.08. The zero-order valence-corrected chi connectivity index (χ0v) is 26.0. The second-order valence-electron chi connectivity index (χ2n) is 10.2. The van der Waals surface area contributed by atoms with Gasteiger partial charge in [-0.3, -0.25) is 9.36 Å². The number of ether oxygens (including phenoxy) is 2. The second kappa shape index (κ2) is 12.2. The lowest BCUT2D eigenvalue weighted by Crippen LogP contribution is -2.41. The summed E-state index contributed by atoms with van der Waals surface area (Å²) < 4.78 is 61.5. The summed E-state index contributed by atoms with van der Waals surface area (Å²) in [5.74, 6) is -1.86. The Balaban J connectivity index is 1.59. The lowest BCUT2D eigenvalue weighted by molar-refractivity contribution is -0.140. The molecule has 5 aromatic rings. The van der Waals surface area contributed by atoms with Crippen LogP contribution in [-0.2, 0) is 9.53 Å². The van der Waals surface area contributed by atoms with E-state index in [9.17, 15) is 32.7 Å². The van der Waals surface area contributed by atoms with Crippen LogP contribution in [0.2, 0.25) is 5.02 Å². The number of alkyl halides is 3. The molecule has 0 unspecified atom stereocenters. The first kappa shape index (κ1) is 31.8. The number of thiazole rings is 1. The fourth-order valence-electron chi connectivity index (χ4n) is 5.41. The van der Waals surface area contributed by atoms with Gasteiger partial charge in [0.2, 0.25) is 0 Å². The number of aromatic nitrogens is 1. The van der Waals surface area contributed by atoms with Crippen molar-refractivity contribution in [2.75, 3.05) is 13.7 Å². The summed E-state index contributed by atoms with van der Waals surface area (Å²) in [6, 6.07) is 15.8. The normalized spacial score (nSPS) is 15.0. The van der Waals surface area contributed by atoms with Crippen LogP contribution >= 0.6 is 22.9 Å². The molecule has 2 aromatic heterocycles. The van der Waals surface area contributed by atoms with Gasteiger partial charge in [0.05, 0.1) is 34.4 Å². The number of hydrogen-bond donors (Lipinski definition) is 1. The second-order valence-corrected chi connectivity index (χ2v) is 11.6. The van der Waals surface area contributed by atoms with Crippen LogP contribution in [0.4, 0.5) is 13.2 Å². The third-order valence-corrected chi connectivity index (χ3v) is 8.70. The SMILES string of the molecule is CCOC(=O)C1=C(C(F)(F)F)N=c2s/c(=C\c3ccc(-c4ccc(C(=O)O)c(Cl)c4)o3)c(=O)n2[C@@H]1c1c(OC)ccc2ccccc12. The molecule has 240 valence electrons. The molecule has 0 fully saturated rings. The molecule has 0 spiro atoms. The van der Waals surface area contributed by atoms with Crippen molar-refractivity contribution in [3.8, 4) is 17.1 Å². The average Bonchev–Trinajstić information content (AvgIpc) is 3.63. The average molecular weight is 683 g/mol. The number of allylic oxidation sites excluding steroid dienone is 1. The number of rotatable bonds is 7. The van der Waals surface area contributed by atoms with E-state index in [1.807, 2.05) is 0 Å². The van der Waals surface area contributed by atoms with Gasteiger partial charge in [0.15, 0.2) is 10.5 Å². The van der Waals surface area contributed by atoms with Crippen molar-refractivity contribution in [3.63, 3.8) is 0 Å². The Bertz CT molecular complexity index is 2300. The van der Waals surface area contributed by atoms with Gasteiger partial charge in [-0.1, -0.05) is 59.3 Å². The molecule has 1 N–H and O–H groups in total. The quantitative estimate of drug-likeness (QED) is 0.206. The standard InChI is InChI=1S/C33H22ClF3N2O7S/c1-3-45-31(43)26-27(25-19-7-5-4-6-16(19)9-12-23(25)44-2)39-29(40)24(47-32(39)38-28(26)33(35,36)37)15-18-10-13-22(46-18)17-8-11-20(30(41)42)21(34)14-17/h4-15,27H,3H2,1-2H3,(H,41,42)/b24-15-/t27-/m1/s1. The molecular weight excluding hydrogens is 661 g/mol. The maximum Gasteiger partial charge on any atom is 0.434 e. The monoisotopic (exact) mass is 682 g/mol. The molecule has 1 aliphatic heterocycles. The molecule has 9 nitrogen and oxygen atoms in total. The molecule has 0 aliphatic carbocycles. The summed E-state index contributed by atoms with van der Waals surface area (Å²) in [6.45, 7) is 1.24. The van der Waals surface area contributed by atoms with Gasteiger partial charge in [-0.15, -0.1) is 0 Å². The van der Waals surface area contributed by atoms with E-state index >= 15 is 0 Å². The van der Waals surface area contributed by atoms with Gasteiger partial charge in [-0.25, -0.2) is 14.6 Å². The van der Waals surface area contributed by atoms with Gasteiger partial charge >= 0.3 is 18.1 Å². The van der Waals surface area contributed by atoms with Gasteiger partial charge in [0.25, 0.3) is 5.56 Å². The third-order valence-electron chi connectivity index (χ3n) is 7.40. The van der Waals surface area contributed by atoms with E-state index in [1.54, 1.807) is 42.5 Å². The van der Waals surface area contributed by atoms with Crippen molar-refractivity contribution in [2.45, 2.75) is 19.1 Å². The van der Waals surface area contributed by atoms with E-state index in [4.69, 9.17) is 25.5 Å². The molecule has 1 aliphatic rings. The van der Waals surface area contributed by atoms with Crippen LogP contribution in [0.15, 0.2) is 92.2 Å². The molecule has 0 saturated heterocycles. The minimum Gasteiger partial charge on any atom is -0.496 e. The van der Waals surface area contributed by atoms with E-state index < -0.39 is 41.0 Å². The Kier molecular flexibility index (Phi) is 8.28. The lowest BCUT2D eigenvalue weighted by Gasteiger charge is -2.28. The van der Waals surface area contributed by atoms with E-state index in [-0.39, 0.29) is 43.6 Å². The number of halogens is 4. The summed E-state index contributed by atoms with van der Waals surface area (Å²) in [5.41, 5.74) is -2.55. The highest BCUT2D eigenvalue weighted by atomic mass is 35.5. The number of hydrogen-bond acceptors (Lipinski definition) is 8. The number of carboxylic acids is 1. The molecular formula is C33H22ClF3N2O7S. The van der Waals surface area contributed by atoms with E-state index in [2.05, 4.69) is 4.99 Å². The molecule has 0 bridgehead atoms. The number of carboxylic acid groups (broad SMARTS) is 1. The van der Waals surface area contributed by atoms with Crippen molar-refractivity contribution in [2.24, 2.45) is 4.99 Å². The van der Waals surface area contributed by atoms with Crippen LogP contribution in [0.1, 0.15) is 34.6 Å². The first-order chi connectivity index (χ1) is 22.4. The smallest absolute Gasteiger partial charge is 0.434 e. The zero-order chi connectivity index (χ0) is 33.6. The zero-order valence-electron chi connectivity index (χ0n) is 24.4. The molecule has 3 aromatic carbocycles. The Morgan fingerprint density at radius 2 is 1.89 bits per heavy atom. The first-order valence-corrected chi connectivity index (χ1v) is 15.1. The molecule has 47 heavy (non-hydrogen) atoms. The fourth-order valence-corrected chi connectivity index (χ4v) is 6.65. The predicted molar refractivity (Wildman–Crippen MR) is 167 cm³/mol. The fraction of sp³-hybridized carbons (Fsp3) is 0.152. The highest BCUT2D eigenvalue weighted by molar-refractivity contribution is 7.07. The van der Waals surface area contributed by atoms with Gasteiger partial charge in [-0.05, 0) is 48.0 Å². The molecule has 3 heterocycles. The number of aromatic carboxylic acids is 1. The van der Waals surface area contributed by atoms with E-state index in [1.165, 1.54) is 44.4 Å². The van der Waals surface area contributed by atoms with Crippen molar-refractivity contribution in [1.29, 1.82) is 0 Å². The first-order valence-electron chi connectivity index (χ1n) is 13.9. The Morgan fingerprint density at radius 1 is 1.13 bits per heavy atom. The maximum absolute atomic E-state index is 14.6. The van der Waals surface area contributed by atoms with Crippen molar-refractivity contribution >= 4 is 51.7 Å². The number of furan rings is 1. The van der Waals surface area contributed by atoms with E-state index in [0.717, 1.165) is 4.57 Å². The van der Waals surface area contributed by atoms with Crippen molar-refractivity contribution in [3.05, 3.63) is 120 Å². The largest absolute Gasteiger partial charge is 0.496 e. The molecule has 6 rings (SSSR count). The number of esters is 1. The number of carbonyl (C=O) groups is 2. The maximum atomic E-state index is 14.6. The number of benzene rings is 3. The van der Waals surface area contributed by atoms with Crippen LogP contribution in [0.25, 0.3) is 28.2 Å². The molecule has 14 heteroatoms. The highest BCUT2D eigenvalue weighted by Gasteiger charge is 2.46. The van der Waals surface area contributed by atoms with Gasteiger partial charge in [0, 0.05) is 17.2 Å². The van der Waals surface area contributed by atoms with Crippen molar-refractivity contribution < 1.29 is 41.8 Å². The molecule has 0 radical (unpaired) electrons. The number of methoxy groups -OCH3 is 1. The van der Waals surface area contributed by atoms with Crippen LogP contribution in [0, 0.1) is 0 Å². The number of carbonyl (C=O) groups excluding carboxylic acids is 1. The van der Waals surface area contributed by atoms with Crippen LogP contribution in [0.3, 0.4) is 0 Å². The molecule has 0 saturated carbocycles. The molecule has 0 amide bonds. The Hall–Kier alpha value is -5.14. The summed E-state index contributed by atoms with van der Waals surface area (Å²) in [6.07, 6.45) is -3.74. The summed E-state index contributed by atoms with van der Waals surface area (Å²) >= 11 is 6.79. The summed E-state index contributed by atoms with van der Waals surface area (Å²) in [4.78, 5) is 42.3. The Morgan fingerprint density at radius 3 is 2.57 bits per heavy atom. The van der Waals surface area contributed by atoms with Crippen LogP contribution in [0.5, 0.6) is 5.75 Å². The van der Waals surface area contributed by atoms with Gasteiger partial charge in [-0.2, -0.15) is 13.2 Å². The number of nitrogens with zero attached hydrogens (tertiary/aromatic N) is 2. The minimum absolute atomic E-state index is 0.0111. The van der Waals surface area contributed by atoms with Gasteiger partial charge < -0.3 is 19.0 Å². The van der Waals surface area contributed by atoms with E-state index in [0.29, 0.717) is 33.4 Å². The lowest BCUT2D eigenvalue weighted by atomic mass is 9.90. The van der Waals surface area contributed by atoms with Crippen LogP contribution in [-0.4, -0.2) is 41.5 Å². The van der Waals surface area contributed by atoms with Crippen molar-refractivity contribution in [1.82, 2.24) is 4.57 Å².